The lowest BCUT2D eigenvalue weighted by Crippen LogP contribution is -2.33. The first-order valence-corrected chi connectivity index (χ1v) is 11.8. The molecule has 2 aromatic heterocycles. The van der Waals surface area contributed by atoms with Crippen LogP contribution in [0.1, 0.15) is 34.2 Å². The van der Waals surface area contributed by atoms with Crippen LogP contribution < -0.4 is 5.32 Å². The van der Waals surface area contributed by atoms with E-state index in [1.54, 1.807) is 39.7 Å². The number of aliphatic hydroxyl groups excluding tert-OH is 1. The Morgan fingerprint density at radius 3 is 2.22 bits per heavy atom. The number of nitrogens with one attached hydrogen (secondary N) is 1. The summed E-state index contributed by atoms with van der Waals surface area (Å²) < 4.78 is 3.51. The first kappa shape index (κ1) is 23.5. The van der Waals surface area contributed by atoms with Gasteiger partial charge < -0.3 is 20.1 Å². The van der Waals surface area contributed by atoms with Gasteiger partial charge in [-0.25, -0.2) is 4.98 Å². The summed E-state index contributed by atoms with van der Waals surface area (Å²) in [7, 11) is 0. The number of aryl methyl sites for hydroxylation is 1. The van der Waals surface area contributed by atoms with E-state index in [4.69, 9.17) is 4.98 Å². The van der Waals surface area contributed by atoms with E-state index < -0.39 is 5.60 Å². The second-order valence-electron chi connectivity index (χ2n) is 8.47. The van der Waals surface area contributed by atoms with Crippen LogP contribution in [0.15, 0.2) is 91.1 Å². The molecule has 0 spiro atoms. The molecule has 8 nitrogen and oxygen atoms in total. The van der Waals surface area contributed by atoms with E-state index in [0.717, 1.165) is 0 Å². The Bertz CT molecular complexity index is 1450. The fourth-order valence-electron chi connectivity index (χ4n) is 4.44. The molecule has 0 bridgehead atoms. The van der Waals surface area contributed by atoms with Gasteiger partial charge in [0.1, 0.15) is 0 Å². The second-order valence-corrected chi connectivity index (χ2v) is 8.47. The SMILES string of the molecule is CCn1ccc(NC(=O)c2ccc3nc(C(O)(c4ccccc4)c4ccccc4)n(CCO)c3c2)n1. The molecular weight excluding hydrogens is 454 g/mol. The first-order valence-electron chi connectivity index (χ1n) is 11.8. The molecule has 8 heteroatoms. The second kappa shape index (κ2) is 9.77. The Hall–Kier alpha value is -4.27. The number of amides is 1. The van der Waals surface area contributed by atoms with Crippen LogP contribution in [0, 0.1) is 0 Å². The number of imidazole rings is 1. The van der Waals surface area contributed by atoms with Gasteiger partial charge in [0.05, 0.1) is 17.6 Å². The lowest BCUT2D eigenvalue weighted by Gasteiger charge is -2.29. The molecule has 0 fully saturated rings. The van der Waals surface area contributed by atoms with Crippen LogP contribution in [0.3, 0.4) is 0 Å². The lowest BCUT2D eigenvalue weighted by molar-refractivity contribution is 0.102. The number of hydrogen-bond donors (Lipinski definition) is 3. The number of carbonyl (C=O) groups excluding carboxylic acids is 1. The Kier molecular flexibility index (Phi) is 6.37. The minimum Gasteiger partial charge on any atom is -0.395 e. The molecule has 3 N–H and O–H groups in total. The molecule has 0 aliphatic carbocycles. The summed E-state index contributed by atoms with van der Waals surface area (Å²) in [6, 6.07) is 25.6. The molecule has 0 saturated carbocycles. The van der Waals surface area contributed by atoms with Crippen molar-refractivity contribution < 1.29 is 15.0 Å². The number of benzene rings is 3. The van der Waals surface area contributed by atoms with E-state index in [1.807, 2.05) is 67.6 Å². The molecule has 0 unspecified atom stereocenters. The Labute approximate surface area is 208 Å². The van der Waals surface area contributed by atoms with Gasteiger partial charge in [0.2, 0.25) is 0 Å². The Morgan fingerprint density at radius 1 is 0.972 bits per heavy atom. The minimum absolute atomic E-state index is 0.164. The summed E-state index contributed by atoms with van der Waals surface area (Å²) in [6.45, 7) is 2.71. The molecule has 0 aliphatic rings. The summed E-state index contributed by atoms with van der Waals surface area (Å²) >= 11 is 0. The molecule has 1 amide bonds. The Balaban J connectivity index is 1.63. The van der Waals surface area contributed by atoms with Gasteiger partial charge in [-0.3, -0.25) is 9.48 Å². The van der Waals surface area contributed by atoms with Gasteiger partial charge >= 0.3 is 0 Å². The van der Waals surface area contributed by atoms with Crippen molar-refractivity contribution in [2.45, 2.75) is 25.6 Å². The topological polar surface area (TPSA) is 105 Å². The number of anilines is 1. The van der Waals surface area contributed by atoms with E-state index in [2.05, 4.69) is 10.4 Å². The van der Waals surface area contributed by atoms with Crippen molar-refractivity contribution in [3.8, 4) is 0 Å². The molecule has 0 aliphatic heterocycles. The van der Waals surface area contributed by atoms with Gasteiger partial charge in [0, 0.05) is 30.9 Å². The van der Waals surface area contributed by atoms with Gasteiger partial charge in [-0.1, -0.05) is 60.7 Å². The summed E-state index contributed by atoms with van der Waals surface area (Å²) in [5.41, 5.74) is 1.38. The number of rotatable bonds is 8. The zero-order valence-corrected chi connectivity index (χ0v) is 19.9. The van der Waals surface area contributed by atoms with Gasteiger partial charge in [0.15, 0.2) is 17.2 Å². The van der Waals surface area contributed by atoms with E-state index in [-0.39, 0.29) is 19.1 Å². The number of carbonyl (C=O) groups is 1. The maximum atomic E-state index is 13.0. The maximum absolute atomic E-state index is 13.0. The predicted molar refractivity (Wildman–Crippen MR) is 138 cm³/mol. The molecular formula is C28H27N5O3. The zero-order valence-electron chi connectivity index (χ0n) is 19.9. The summed E-state index contributed by atoms with van der Waals surface area (Å²) in [5, 5.41) is 29.3. The summed E-state index contributed by atoms with van der Waals surface area (Å²) in [6.07, 6.45) is 1.80. The number of fused-ring (bicyclic) bond motifs is 1. The van der Waals surface area contributed by atoms with Gasteiger partial charge in [-0.2, -0.15) is 5.10 Å². The minimum atomic E-state index is -1.58. The fraction of sp³-hybridized carbons (Fsp3) is 0.179. The molecule has 36 heavy (non-hydrogen) atoms. The fourth-order valence-corrected chi connectivity index (χ4v) is 4.44. The number of nitrogens with zero attached hydrogens (tertiary/aromatic N) is 4. The van der Waals surface area contributed by atoms with Crippen LogP contribution in [0.5, 0.6) is 0 Å². The van der Waals surface area contributed by atoms with Crippen molar-refractivity contribution in [2.75, 3.05) is 11.9 Å². The highest BCUT2D eigenvalue weighted by Gasteiger charge is 2.39. The predicted octanol–water partition coefficient (Wildman–Crippen LogP) is 3.78. The largest absolute Gasteiger partial charge is 0.395 e. The molecule has 5 rings (SSSR count). The van der Waals surface area contributed by atoms with Crippen LogP contribution in [0.4, 0.5) is 5.82 Å². The van der Waals surface area contributed by atoms with Crippen molar-refractivity contribution in [1.29, 1.82) is 0 Å². The van der Waals surface area contributed by atoms with Crippen LogP contribution in [-0.4, -0.2) is 42.1 Å². The molecule has 0 radical (unpaired) electrons. The molecule has 0 atom stereocenters. The highest BCUT2D eigenvalue weighted by atomic mass is 16.3. The average Bonchev–Trinajstić information content (AvgIpc) is 3.53. The third-order valence-corrected chi connectivity index (χ3v) is 6.25. The van der Waals surface area contributed by atoms with Crippen molar-refractivity contribution >= 4 is 22.8 Å². The van der Waals surface area contributed by atoms with E-state index in [9.17, 15) is 15.0 Å². The average molecular weight is 482 g/mol. The number of hydrogen-bond acceptors (Lipinski definition) is 5. The summed E-state index contributed by atoms with van der Waals surface area (Å²) in [4.78, 5) is 17.8. The lowest BCUT2D eigenvalue weighted by atomic mass is 9.85. The molecule has 5 aromatic rings. The standard InChI is InChI=1S/C28H27N5O3/c1-2-32-16-15-25(31-32)30-26(35)20-13-14-23-24(19-20)33(17-18-34)27(29-23)28(36,21-9-5-3-6-10-21)22-11-7-4-8-12-22/h3-16,19,34,36H,2,17-18H2,1H3,(H,30,31,35). The zero-order chi connectivity index (χ0) is 25.1. The van der Waals surface area contributed by atoms with Crippen molar-refractivity contribution in [3.63, 3.8) is 0 Å². The van der Waals surface area contributed by atoms with Crippen LogP contribution in [0.25, 0.3) is 11.0 Å². The third kappa shape index (κ3) is 4.17. The van der Waals surface area contributed by atoms with E-state index in [0.29, 0.717) is 45.9 Å². The van der Waals surface area contributed by atoms with Crippen molar-refractivity contribution in [1.82, 2.24) is 19.3 Å². The normalized spacial score (nSPS) is 11.6. The smallest absolute Gasteiger partial charge is 0.256 e. The van der Waals surface area contributed by atoms with Crippen molar-refractivity contribution in [3.05, 3.63) is 114 Å². The Morgan fingerprint density at radius 2 is 1.64 bits per heavy atom. The summed E-state index contributed by atoms with van der Waals surface area (Å²) in [5.74, 6) is 0.523. The first-order chi connectivity index (χ1) is 17.5. The van der Waals surface area contributed by atoms with Crippen LogP contribution in [0.2, 0.25) is 0 Å². The molecule has 2 heterocycles. The van der Waals surface area contributed by atoms with E-state index >= 15 is 0 Å². The monoisotopic (exact) mass is 481 g/mol. The molecule has 3 aromatic carbocycles. The van der Waals surface area contributed by atoms with Gasteiger partial charge in [-0.05, 0) is 36.2 Å². The number of aromatic nitrogens is 4. The van der Waals surface area contributed by atoms with Gasteiger partial charge in [0.25, 0.3) is 5.91 Å². The van der Waals surface area contributed by atoms with Crippen LogP contribution >= 0.6 is 0 Å². The third-order valence-electron chi connectivity index (χ3n) is 6.25. The number of aliphatic hydroxyl groups is 2. The van der Waals surface area contributed by atoms with Crippen LogP contribution in [-0.2, 0) is 18.7 Å². The van der Waals surface area contributed by atoms with Gasteiger partial charge in [-0.15, -0.1) is 0 Å². The molecule has 182 valence electrons. The quantitative estimate of drug-likeness (QED) is 0.313. The maximum Gasteiger partial charge on any atom is 0.256 e. The molecule has 0 saturated heterocycles. The highest BCUT2D eigenvalue weighted by Crippen LogP contribution is 2.37. The van der Waals surface area contributed by atoms with Crippen molar-refractivity contribution in [2.24, 2.45) is 0 Å². The highest BCUT2D eigenvalue weighted by molar-refractivity contribution is 6.05. The van der Waals surface area contributed by atoms with E-state index in [1.165, 1.54) is 0 Å².